The van der Waals surface area contributed by atoms with E-state index in [1.54, 1.807) is 86.0 Å². The van der Waals surface area contributed by atoms with Crippen molar-refractivity contribution in [2.45, 2.75) is 11.8 Å². The number of nitrogens with one attached hydrogen (secondary N) is 3. The Balaban J connectivity index is 1.25. The van der Waals surface area contributed by atoms with Crippen molar-refractivity contribution in [3.63, 3.8) is 0 Å². The van der Waals surface area contributed by atoms with Gasteiger partial charge in [-0.2, -0.15) is 0 Å². The molecule has 5 rings (SSSR count). The minimum absolute atomic E-state index is 0.0100. The molecule has 0 aliphatic rings. The fraction of sp³-hybridized carbons (Fsp3) is 0.108. The van der Waals surface area contributed by atoms with E-state index in [0.717, 1.165) is 16.2 Å². The molecule has 4 aromatic carbocycles. The molecule has 5 aromatic rings. The lowest BCUT2D eigenvalue weighted by atomic mass is 10.1. The van der Waals surface area contributed by atoms with Gasteiger partial charge < -0.3 is 29.8 Å². The quantitative estimate of drug-likeness (QED) is 0.0895. The summed E-state index contributed by atoms with van der Waals surface area (Å²) in [5.74, 6) is 1.36. The predicted molar refractivity (Wildman–Crippen MR) is 185 cm³/mol. The van der Waals surface area contributed by atoms with Crippen LogP contribution in [-0.4, -0.2) is 37.2 Å². The summed E-state index contributed by atoms with van der Waals surface area (Å²) in [5.41, 5.74) is 2.33. The van der Waals surface area contributed by atoms with E-state index in [4.69, 9.17) is 13.9 Å². The highest BCUT2D eigenvalue weighted by atomic mass is 32.2. The Bertz CT molecular complexity index is 1850. The highest BCUT2D eigenvalue weighted by Crippen LogP contribution is 2.31. The average molecular weight is 648 g/mol. The number of hydrogen-bond acceptors (Lipinski definition) is 7. The monoisotopic (exact) mass is 647 g/mol. The predicted octanol–water partition coefficient (Wildman–Crippen LogP) is 7.49. The van der Waals surface area contributed by atoms with Crippen LogP contribution in [0.15, 0.2) is 130 Å². The molecule has 3 N–H and O–H groups in total. The minimum Gasteiger partial charge on any atom is -0.496 e. The second-order valence-electron chi connectivity index (χ2n) is 10.1. The Morgan fingerprint density at radius 2 is 1.47 bits per heavy atom. The third kappa shape index (κ3) is 9.15. The number of carbonyl (C=O) groups excluding carboxylic acids is 3. The first kappa shape index (κ1) is 32.6. The summed E-state index contributed by atoms with van der Waals surface area (Å²) in [7, 11) is 1.58. The van der Waals surface area contributed by atoms with Gasteiger partial charge >= 0.3 is 0 Å². The van der Waals surface area contributed by atoms with E-state index in [9.17, 15) is 14.4 Å². The Kier molecular flexibility index (Phi) is 11.1. The molecule has 3 amide bonds. The maximum absolute atomic E-state index is 13.5. The molecule has 0 fully saturated rings. The molecule has 1 aromatic heterocycles. The molecule has 0 aliphatic heterocycles. The van der Waals surface area contributed by atoms with E-state index >= 15 is 0 Å². The summed E-state index contributed by atoms with van der Waals surface area (Å²) in [6, 6.07) is 33.8. The number of rotatable bonds is 13. The highest BCUT2D eigenvalue weighted by molar-refractivity contribution is 8.00. The summed E-state index contributed by atoms with van der Waals surface area (Å²) in [6.07, 6.45) is 1.47. The summed E-state index contributed by atoms with van der Waals surface area (Å²) in [4.78, 5) is 39.8. The van der Waals surface area contributed by atoms with Gasteiger partial charge in [0.15, 0.2) is 0 Å². The molecule has 0 radical (unpaired) electrons. The number of ether oxygens (including phenoxy) is 2. The molecule has 0 saturated heterocycles. The van der Waals surface area contributed by atoms with E-state index in [1.807, 2.05) is 43.3 Å². The topological polar surface area (TPSA) is 119 Å². The molecule has 0 atom stereocenters. The zero-order valence-electron chi connectivity index (χ0n) is 25.8. The molecule has 47 heavy (non-hydrogen) atoms. The molecule has 0 bridgehead atoms. The van der Waals surface area contributed by atoms with Crippen molar-refractivity contribution in [2.24, 2.45) is 0 Å². The third-order valence-electron chi connectivity index (χ3n) is 6.75. The lowest BCUT2D eigenvalue weighted by Gasteiger charge is -2.11. The maximum Gasteiger partial charge on any atom is 0.272 e. The van der Waals surface area contributed by atoms with Crippen LogP contribution in [0, 0.1) is 0 Å². The lowest BCUT2D eigenvalue weighted by molar-refractivity contribution is -0.114. The van der Waals surface area contributed by atoms with Crippen molar-refractivity contribution in [2.75, 3.05) is 30.1 Å². The zero-order chi connectivity index (χ0) is 33.0. The van der Waals surface area contributed by atoms with E-state index < -0.39 is 11.8 Å². The third-order valence-corrected chi connectivity index (χ3v) is 7.76. The fourth-order valence-electron chi connectivity index (χ4n) is 4.49. The number of para-hydroxylation sites is 1. The van der Waals surface area contributed by atoms with Crippen LogP contribution in [0.3, 0.4) is 0 Å². The van der Waals surface area contributed by atoms with Crippen molar-refractivity contribution in [1.29, 1.82) is 0 Å². The molecule has 9 nitrogen and oxygen atoms in total. The minimum atomic E-state index is -0.542. The lowest BCUT2D eigenvalue weighted by Crippen LogP contribution is -2.30. The highest BCUT2D eigenvalue weighted by Gasteiger charge is 2.17. The standard InChI is InChI=1S/C37H33N3O6S/c1-3-45-28-17-13-26(14-18-28)38-35(41)24-47-30-20-15-27(16-21-30)39-37(43)32(40-36(42)25-9-5-4-6-10-25)23-29-19-22-34(46-29)31-11-7-8-12-33(31)44-2/h4-23H,3,24H2,1-2H3,(H,38,41)(H,39,43)(H,40,42). The van der Waals surface area contributed by atoms with E-state index in [2.05, 4.69) is 16.0 Å². The zero-order valence-corrected chi connectivity index (χ0v) is 26.6. The number of benzene rings is 4. The van der Waals surface area contributed by atoms with E-state index in [1.165, 1.54) is 17.8 Å². The van der Waals surface area contributed by atoms with Crippen LogP contribution in [0.5, 0.6) is 11.5 Å². The Morgan fingerprint density at radius 1 is 0.787 bits per heavy atom. The largest absolute Gasteiger partial charge is 0.496 e. The van der Waals surface area contributed by atoms with Crippen LogP contribution in [0.25, 0.3) is 17.4 Å². The van der Waals surface area contributed by atoms with Gasteiger partial charge in [0.1, 0.15) is 28.7 Å². The average Bonchev–Trinajstić information content (AvgIpc) is 3.57. The molecule has 0 unspecified atom stereocenters. The normalized spacial score (nSPS) is 11.0. The number of hydrogen-bond donors (Lipinski definition) is 3. The van der Waals surface area contributed by atoms with Gasteiger partial charge in [0.2, 0.25) is 5.91 Å². The van der Waals surface area contributed by atoms with Crippen LogP contribution in [0.1, 0.15) is 23.0 Å². The van der Waals surface area contributed by atoms with Crippen LogP contribution in [0.4, 0.5) is 11.4 Å². The number of furan rings is 1. The molecule has 238 valence electrons. The number of carbonyl (C=O) groups is 3. The Morgan fingerprint density at radius 3 is 2.19 bits per heavy atom. The maximum atomic E-state index is 13.5. The van der Waals surface area contributed by atoms with E-state index in [0.29, 0.717) is 40.8 Å². The first-order chi connectivity index (χ1) is 22.9. The fourth-order valence-corrected chi connectivity index (χ4v) is 5.19. The molecule has 0 saturated carbocycles. The molecule has 1 heterocycles. The number of amides is 3. The molecule has 0 spiro atoms. The van der Waals surface area contributed by atoms with Gasteiger partial charge in [0.25, 0.3) is 11.8 Å². The van der Waals surface area contributed by atoms with Gasteiger partial charge in [-0.05, 0) is 91.9 Å². The Labute approximate surface area is 277 Å². The van der Waals surface area contributed by atoms with Crippen LogP contribution in [0.2, 0.25) is 0 Å². The first-order valence-electron chi connectivity index (χ1n) is 14.8. The van der Waals surface area contributed by atoms with Crippen molar-refractivity contribution in [1.82, 2.24) is 5.32 Å². The van der Waals surface area contributed by atoms with Crippen LogP contribution < -0.4 is 25.4 Å². The van der Waals surface area contributed by atoms with Crippen LogP contribution >= 0.6 is 11.8 Å². The summed E-state index contributed by atoms with van der Waals surface area (Å²) in [5, 5.41) is 8.42. The summed E-state index contributed by atoms with van der Waals surface area (Å²) in [6.45, 7) is 2.49. The van der Waals surface area contributed by atoms with Gasteiger partial charge in [0.05, 0.1) is 25.0 Å². The number of thioether (sulfide) groups is 1. The van der Waals surface area contributed by atoms with Crippen LogP contribution in [-0.2, 0) is 9.59 Å². The van der Waals surface area contributed by atoms with Crippen molar-refractivity contribution >= 4 is 46.9 Å². The van der Waals surface area contributed by atoms with Gasteiger partial charge in [-0.15, -0.1) is 11.8 Å². The molecular weight excluding hydrogens is 614 g/mol. The van der Waals surface area contributed by atoms with Gasteiger partial charge in [-0.1, -0.05) is 30.3 Å². The summed E-state index contributed by atoms with van der Waals surface area (Å²) >= 11 is 1.36. The molecule has 10 heteroatoms. The van der Waals surface area contributed by atoms with Gasteiger partial charge in [0, 0.05) is 27.9 Å². The van der Waals surface area contributed by atoms with E-state index in [-0.39, 0.29) is 17.4 Å². The first-order valence-corrected chi connectivity index (χ1v) is 15.8. The van der Waals surface area contributed by atoms with Gasteiger partial charge in [-0.25, -0.2) is 0 Å². The second kappa shape index (κ2) is 16.0. The second-order valence-corrected chi connectivity index (χ2v) is 11.1. The van der Waals surface area contributed by atoms with Crippen molar-refractivity contribution < 1.29 is 28.3 Å². The smallest absolute Gasteiger partial charge is 0.272 e. The Hall–Kier alpha value is -5.74. The number of anilines is 2. The van der Waals surface area contributed by atoms with Crippen molar-refractivity contribution in [3.05, 3.63) is 132 Å². The molecule has 0 aliphatic carbocycles. The number of methoxy groups -OCH3 is 1. The van der Waals surface area contributed by atoms with Crippen molar-refractivity contribution in [3.8, 4) is 22.8 Å². The van der Waals surface area contributed by atoms with Gasteiger partial charge in [-0.3, -0.25) is 14.4 Å². The summed E-state index contributed by atoms with van der Waals surface area (Å²) < 4.78 is 16.9. The SMILES string of the molecule is CCOc1ccc(NC(=O)CSc2ccc(NC(=O)C(=Cc3ccc(-c4ccccc4OC)o3)NC(=O)c3ccccc3)cc2)cc1. The molecular formula is C37H33N3O6S.